The van der Waals surface area contributed by atoms with Crippen molar-refractivity contribution in [1.82, 2.24) is 4.98 Å². The average molecular weight is 320 g/mol. The fourth-order valence-electron chi connectivity index (χ4n) is 1.70. The maximum absolute atomic E-state index is 12.1. The summed E-state index contributed by atoms with van der Waals surface area (Å²) < 4.78 is 0.947. The SMILES string of the molecule is Cc1cc(NC(=O)c2ccc(Br)cc2C)ncc1N. The van der Waals surface area contributed by atoms with E-state index in [1.807, 2.05) is 26.0 Å². The Labute approximate surface area is 120 Å². The molecule has 0 fully saturated rings. The molecule has 1 aromatic heterocycles. The lowest BCUT2D eigenvalue weighted by Crippen LogP contribution is -2.14. The molecule has 0 aliphatic rings. The molecule has 0 aliphatic carbocycles. The molecule has 4 nitrogen and oxygen atoms in total. The fraction of sp³-hybridized carbons (Fsp3) is 0.143. The van der Waals surface area contributed by atoms with Gasteiger partial charge in [0.25, 0.3) is 5.91 Å². The van der Waals surface area contributed by atoms with Gasteiger partial charge in [-0.05, 0) is 49.2 Å². The van der Waals surface area contributed by atoms with Crippen LogP contribution in [0.4, 0.5) is 11.5 Å². The highest BCUT2D eigenvalue weighted by Crippen LogP contribution is 2.18. The molecule has 2 aromatic rings. The molecule has 0 atom stereocenters. The van der Waals surface area contributed by atoms with Gasteiger partial charge >= 0.3 is 0 Å². The number of benzene rings is 1. The zero-order chi connectivity index (χ0) is 14.0. The number of anilines is 2. The van der Waals surface area contributed by atoms with Gasteiger partial charge in [0.05, 0.1) is 11.9 Å². The molecule has 3 N–H and O–H groups in total. The van der Waals surface area contributed by atoms with Crippen LogP contribution in [0.3, 0.4) is 0 Å². The first-order valence-electron chi connectivity index (χ1n) is 5.77. The quantitative estimate of drug-likeness (QED) is 0.892. The highest BCUT2D eigenvalue weighted by Gasteiger charge is 2.10. The van der Waals surface area contributed by atoms with Crippen molar-refractivity contribution in [2.75, 3.05) is 11.1 Å². The van der Waals surface area contributed by atoms with Crippen molar-refractivity contribution >= 4 is 33.3 Å². The number of aryl methyl sites for hydroxylation is 2. The third-order valence-corrected chi connectivity index (χ3v) is 3.32. The number of amides is 1. The van der Waals surface area contributed by atoms with Gasteiger partial charge in [0.15, 0.2) is 0 Å². The maximum Gasteiger partial charge on any atom is 0.257 e. The number of nitrogens with zero attached hydrogens (tertiary/aromatic N) is 1. The number of halogens is 1. The van der Waals surface area contributed by atoms with Crippen LogP contribution in [-0.4, -0.2) is 10.9 Å². The van der Waals surface area contributed by atoms with E-state index in [4.69, 9.17) is 5.73 Å². The topological polar surface area (TPSA) is 68.0 Å². The van der Waals surface area contributed by atoms with Gasteiger partial charge < -0.3 is 11.1 Å². The summed E-state index contributed by atoms with van der Waals surface area (Å²) in [6.07, 6.45) is 1.54. The van der Waals surface area contributed by atoms with Crippen LogP contribution in [0.15, 0.2) is 34.9 Å². The lowest BCUT2D eigenvalue weighted by molar-refractivity contribution is 0.102. The largest absolute Gasteiger partial charge is 0.397 e. The number of aromatic nitrogens is 1. The average Bonchev–Trinajstić information content (AvgIpc) is 2.33. The molecule has 0 spiro atoms. The normalized spacial score (nSPS) is 10.3. The van der Waals surface area contributed by atoms with Gasteiger partial charge in [-0.15, -0.1) is 0 Å². The number of carbonyl (C=O) groups is 1. The van der Waals surface area contributed by atoms with Crippen LogP contribution in [0.2, 0.25) is 0 Å². The molecule has 19 heavy (non-hydrogen) atoms. The minimum atomic E-state index is -0.179. The molecule has 1 amide bonds. The second-order valence-corrected chi connectivity index (χ2v) is 5.26. The molecule has 0 aliphatic heterocycles. The van der Waals surface area contributed by atoms with Gasteiger partial charge in [-0.1, -0.05) is 15.9 Å². The first kappa shape index (κ1) is 13.5. The molecule has 98 valence electrons. The van der Waals surface area contributed by atoms with Crippen molar-refractivity contribution in [1.29, 1.82) is 0 Å². The van der Waals surface area contributed by atoms with Gasteiger partial charge in [0, 0.05) is 10.0 Å². The van der Waals surface area contributed by atoms with E-state index in [0.717, 1.165) is 15.6 Å². The lowest BCUT2D eigenvalue weighted by atomic mass is 10.1. The molecule has 0 saturated carbocycles. The highest BCUT2D eigenvalue weighted by molar-refractivity contribution is 9.10. The minimum absolute atomic E-state index is 0.179. The predicted octanol–water partition coefficient (Wildman–Crippen LogP) is 3.30. The molecule has 5 heteroatoms. The van der Waals surface area contributed by atoms with E-state index >= 15 is 0 Å². The number of nitrogens with two attached hydrogens (primary N) is 1. The van der Waals surface area contributed by atoms with E-state index in [2.05, 4.69) is 26.2 Å². The van der Waals surface area contributed by atoms with Gasteiger partial charge in [-0.3, -0.25) is 4.79 Å². The lowest BCUT2D eigenvalue weighted by Gasteiger charge is -2.08. The van der Waals surface area contributed by atoms with Gasteiger partial charge in [-0.25, -0.2) is 4.98 Å². The number of carbonyl (C=O) groups excluding carboxylic acids is 1. The zero-order valence-corrected chi connectivity index (χ0v) is 12.3. The minimum Gasteiger partial charge on any atom is -0.397 e. The molecule has 0 radical (unpaired) electrons. The highest BCUT2D eigenvalue weighted by atomic mass is 79.9. The smallest absolute Gasteiger partial charge is 0.257 e. The summed E-state index contributed by atoms with van der Waals surface area (Å²) in [6, 6.07) is 7.26. The summed E-state index contributed by atoms with van der Waals surface area (Å²) >= 11 is 3.37. The van der Waals surface area contributed by atoms with Crippen LogP contribution in [0.25, 0.3) is 0 Å². The van der Waals surface area contributed by atoms with E-state index in [1.165, 1.54) is 0 Å². The van der Waals surface area contributed by atoms with Crippen molar-refractivity contribution in [3.63, 3.8) is 0 Å². The van der Waals surface area contributed by atoms with Crippen molar-refractivity contribution < 1.29 is 4.79 Å². The zero-order valence-electron chi connectivity index (χ0n) is 10.7. The molecular formula is C14H14BrN3O. The van der Waals surface area contributed by atoms with Crippen molar-refractivity contribution in [2.24, 2.45) is 0 Å². The maximum atomic E-state index is 12.1. The summed E-state index contributed by atoms with van der Waals surface area (Å²) in [5.74, 6) is 0.320. The van der Waals surface area contributed by atoms with Crippen molar-refractivity contribution in [3.8, 4) is 0 Å². The summed E-state index contributed by atoms with van der Waals surface area (Å²) in [6.45, 7) is 3.76. The third-order valence-electron chi connectivity index (χ3n) is 2.83. The van der Waals surface area contributed by atoms with Gasteiger partial charge in [-0.2, -0.15) is 0 Å². The summed E-state index contributed by atoms with van der Waals surface area (Å²) in [4.78, 5) is 16.2. The van der Waals surface area contributed by atoms with E-state index < -0.39 is 0 Å². The van der Waals surface area contributed by atoms with Crippen LogP contribution in [0, 0.1) is 13.8 Å². The second kappa shape index (κ2) is 5.40. The predicted molar refractivity (Wildman–Crippen MR) is 80.2 cm³/mol. The standard InChI is InChI=1S/C14H14BrN3O/c1-8-5-10(15)3-4-11(8)14(19)18-13-6-9(2)12(16)7-17-13/h3-7H,16H2,1-2H3,(H,17,18,19). The van der Waals surface area contributed by atoms with E-state index in [9.17, 15) is 4.79 Å². The Hall–Kier alpha value is -1.88. The van der Waals surface area contributed by atoms with E-state index in [-0.39, 0.29) is 5.91 Å². The number of nitrogen functional groups attached to an aromatic ring is 1. The summed E-state index contributed by atoms with van der Waals surface area (Å²) in [5.41, 5.74) is 8.71. The van der Waals surface area contributed by atoms with E-state index in [0.29, 0.717) is 17.1 Å². The Bertz CT molecular complexity index is 641. The van der Waals surface area contributed by atoms with Crippen LogP contribution < -0.4 is 11.1 Å². The Balaban J connectivity index is 2.23. The number of rotatable bonds is 2. The second-order valence-electron chi connectivity index (χ2n) is 4.34. The van der Waals surface area contributed by atoms with Crippen LogP contribution in [-0.2, 0) is 0 Å². The molecule has 2 rings (SSSR count). The number of nitrogens with one attached hydrogen (secondary N) is 1. The third kappa shape index (κ3) is 3.12. The Morgan fingerprint density at radius 3 is 2.63 bits per heavy atom. The monoisotopic (exact) mass is 319 g/mol. The molecule has 1 aromatic carbocycles. The number of hydrogen-bond donors (Lipinski definition) is 2. The Morgan fingerprint density at radius 2 is 2.00 bits per heavy atom. The van der Waals surface area contributed by atoms with Gasteiger partial charge in [0.2, 0.25) is 0 Å². The molecule has 0 saturated heterocycles. The Kier molecular flexibility index (Phi) is 3.85. The first-order valence-corrected chi connectivity index (χ1v) is 6.56. The first-order chi connectivity index (χ1) is 8.97. The fourth-order valence-corrected chi connectivity index (χ4v) is 2.18. The van der Waals surface area contributed by atoms with Crippen LogP contribution >= 0.6 is 15.9 Å². The molecular weight excluding hydrogens is 306 g/mol. The van der Waals surface area contributed by atoms with Crippen molar-refractivity contribution in [3.05, 3.63) is 51.6 Å². The summed E-state index contributed by atoms with van der Waals surface area (Å²) in [7, 11) is 0. The Morgan fingerprint density at radius 1 is 1.26 bits per heavy atom. The molecule has 0 bridgehead atoms. The summed E-state index contributed by atoms with van der Waals surface area (Å²) in [5, 5.41) is 2.77. The van der Waals surface area contributed by atoms with E-state index in [1.54, 1.807) is 18.3 Å². The van der Waals surface area contributed by atoms with Crippen LogP contribution in [0.5, 0.6) is 0 Å². The van der Waals surface area contributed by atoms with Gasteiger partial charge in [0.1, 0.15) is 5.82 Å². The number of hydrogen-bond acceptors (Lipinski definition) is 3. The van der Waals surface area contributed by atoms with Crippen molar-refractivity contribution in [2.45, 2.75) is 13.8 Å². The molecule has 1 heterocycles. The van der Waals surface area contributed by atoms with Crippen LogP contribution in [0.1, 0.15) is 21.5 Å². The molecule has 0 unspecified atom stereocenters. The number of pyridine rings is 1.